The second-order valence-corrected chi connectivity index (χ2v) is 1.82. The minimum absolute atomic E-state index is 0. The zero-order valence-electron chi connectivity index (χ0n) is 6.16. The van der Waals surface area contributed by atoms with E-state index < -0.39 is 18.0 Å². The number of hydrogen-bond donors (Lipinski definition) is 1. The second-order valence-electron chi connectivity index (χ2n) is 1.82. The molecule has 0 aromatic heterocycles. The fraction of sp³-hybridized carbons (Fsp3) is 0.750. The van der Waals surface area contributed by atoms with Crippen LogP contribution in [0.1, 0.15) is 0 Å². The van der Waals surface area contributed by atoms with Crippen LogP contribution in [0.5, 0.6) is 0 Å². The van der Waals surface area contributed by atoms with E-state index in [1.165, 1.54) is 0 Å². The first-order chi connectivity index (χ1) is 5.06. The molecule has 0 saturated heterocycles. The van der Waals surface area contributed by atoms with Gasteiger partial charge in [0.05, 0.1) is 0 Å². The molecule has 0 aliphatic heterocycles. The van der Waals surface area contributed by atoms with E-state index in [0.29, 0.717) is 0 Å². The topological polar surface area (TPSA) is 44.0 Å². The smallest absolute Gasteiger partial charge is 0.361 e. The predicted molar refractivity (Wildman–Crippen MR) is 28.4 cm³/mol. The van der Waals surface area contributed by atoms with Crippen LogP contribution in [0.4, 0.5) is 26.3 Å². The number of alkyl halides is 6. The van der Waals surface area contributed by atoms with Crippen LogP contribution in [0.3, 0.4) is 0 Å². The minimum Gasteiger partial charge on any atom is -0.361 e. The Bertz CT molecular complexity index is 200. The van der Waals surface area contributed by atoms with Gasteiger partial charge in [-0.1, -0.05) is 0 Å². The van der Waals surface area contributed by atoms with Gasteiger partial charge in [-0.25, -0.2) is 0 Å². The van der Waals surface area contributed by atoms with Crippen LogP contribution in [0, 0.1) is 11.3 Å². The Morgan fingerprint density at radius 2 is 1.15 bits per heavy atom. The first-order valence-electron chi connectivity index (χ1n) is 2.33. The molecule has 9 heteroatoms. The fourth-order valence-electron chi connectivity index (χ4n) is 0.287. The molecule has 0 aliphatic rings. The predicted octanol–water partition coefficient (Wildman–Crippen LogP) is 0.985. The molecule has 13 heavy (non-hydrogen) atoms. The fourth-order valence-corrected chi connectivity index (χ4v) is 0.287. The van der Waals surface area contributed by atoms with E-state index in [-0.39, 0.29) is 35.6 Å². The number of aliphatic hydroxyl groups is 1. The molecular formula is C4HF6NNaO. The first-order valence-corrected chi connectivity index (χ1v) is 2.33. The molecule has 0 spiro atoms. The molecule has 0 saturated carbocycles. The van der Waals surface area contributed by atoms with Gasteiger partial charge in [-0.2, -0.15) is 31.6 Å². The molecule has 0 fully saturated rings. The van der Waals surface area contributed by atoms with Crippen molar-refractivity contribution in [2.24, 2.45) is 0 Å². The standard InChI is InChI=1S/C4HF6NO.Na/c5-3(6,7)2(12,1-11)4(8,9)10;/h12H;. The van der Waals surface area contributed by atoms with Gasteiger partial charge in [-0.3, -0.25) is 0 Å². The monoisotopic (exact) mass is 216 g/mol. The summed E-state index contributed by atoms with van der Waals surface area (Å²) in [6.07, 6.45) is -12.1. The van der Waals surface area contributed by atoms with Gasteiger partial charge in [0.25, 0.3) is 0 Å². The molecule has 0 aromatic rings. The van der Waals surface area contributed by atoms with Crippen LogP contribution in [-0.2, 0) is 0 Å². The minimum atomic E-state index is -6.04. The van der Waals surface area contributed by atoms with E-state index in [9.17, 15) is 26.3 Å². The van der Waals surface area contributed by atoms with Gasteiger partial charge in [0.15, 0.2) is 0 Å². The van der Waals surface area contributed by atoms with Crippen LogP contribution in [0.15, 0.2) is 0 Å². The van der Waals surface area contributed by atoms with Gasteiger partial charge in [-0.05, 0) is 0 Å². The Morgan fingerprint density at radius 3 is 1.15 bits per heavy atom. The summed E-state index contributed by atoms with van der Waals surface area (Å²) in [5.74, 6) is 0. The Balaban J connectivity index is 0. The molecule has 0 rings (SSSR count). The van der Waals surface area contributed by atoms with Crippen molar-refractivity contribution in [1.29, 1.82) is 5.26 Å². The molecule has 0 heterocycles. The first kappa shape index (κ1) is 15.5. The summed E-state index contributed by atoms with van der Waals surface area (Å²) in [4.78, 5) is 0. The second kappa shape index (κ2) is 4.04. The average molecular weight is 216 g/mol. The largest absolute Gasteiger partial charge is 0.440 e. The molecule has 0 unspecified atom stereocenters. The molecule has 0 aromatic carbocycles. The Kier molecular flexibility index (Phi) is 4.82. The number of nitrogens with zero attached hydrogens (tertiary/aromatic N) is 1. The van der Waals surface area contributed by atoms with E-state index in [4.69, 9.17) is 10.4 Å². The summed E-state index contributed by atoms with van der Waals surface area (Å²) in [5.41, 5.74) is -5.28. The van der Waals surface area contributed by atoms with Crippen LogP contribution in [0.2, 0.25) is 0 Å². The van der Waals surface area contributed by atoms with E-state index in [2.05, 4.69) is 0 Å². The molecule has 2 nitrogen and oxygen atoms in total. The summed E-state index contributed by atoms with van der Waals surface area (Å²) >= 11 is 0. The molecule has 1 N–H and O–H groups in total. The molecular weight excluding hydrogens is 215 g/mol. The zero-order valence-corrected chi connectivity index (χ0v) is 8.16. The molecule has 1 radical (unpaired) electrons. The Hall–Kier alpha value is 0.0300. The summed E-state index contributed by atoms with van der Waals surface area (Å²) in [6, 6.07) is -0.236. The van der Waals surface area contributed by atoms with E-state index in [1.807, 2.05) is 0 Å². The molecule has 0 aliphatic carbocycles. The molecule has 0 atom stereocenters. The third kappa shape index (κ3) is 2.74. The summed E-state index contributed by atoms with van der Waals surface area (Å²) < 4.78 is 68.4. The summed E-state index contributed by atoms with van der Waals surface area (Å²) in [7, 11) is 0. The maximum atomic E-state index is 11.4. The number of rotatable bonds is 0. The average Bonchev–Trinajstić information content (AvgIpc) is 1.81. The van der Waals surface area contributed by atoms with Gasteiger partial charge in [0, 0.05) is 29.6 Å². The van der Waals surface area contributed by atoms with Crippen LogP contribution in [-0.4, -0.2) is 52.6 Å². The van der Waals surface area contributed by atoms with Crippen molar-refractivity contribution < 1.29 is 31.4 Å². The van der Waals surface area contributed by atoms with Crippen molar-refractivity contribution in [3.05, 3.63) is 0 Å². The van der Waals surface area contributed by atoms with Crippen LogP contribution < -0.4 is 0 Å². The normalized spacial score (nSPS) is 13.1. The maximum Gasteiger partial charge on any atom is 0.440 e. The Labute approximate surface area is 90.4 Å². The third-order valence-electron chi connectivity index (χ3n) is 0.982. The van der Waals surface area contributed by atoms with Gasteiger partial charge < -0.3 is 5.11 Å². The van der Waals surface area contributed by atoms with Gasteiger partial charge in [0.1, 0.15) is 6.07 Å². The van der Waals surface area contributed by atoms with E-state index >= 15 is 0 Å². The van der Waals surface area contributed by atoms with Gasteiger partial charge >= 0.3 is 18.0 Å². The Morgan fingerprint density at radius 1 is 0.923 bits per heavy atom. The van der Waals surface area contributed by atoms with Crippen LogP contribution in [0.25, 0.3) is 0 Å². The van der Waals surface area contributed by atoms with Gasteiger partial charge in [0.2, 0.25) is 0 Å². The van der Waals surface area contributed by atoms with Crippen molar-refractivity contribution in [3.8, 4) is 6.07 Å². The molecule has 0 amide bonds. The van der Waals surface area contributed by atoms with Crippen molar-refractivity contribution >= 4 is 29.6 Å². The van der Waals surface area contributed by atoms with Crippen molar-refractivity contribution in [1.82, 2.24) is 0 Å². The SMILES string of the molecule is N#CC(O)(C(F)(F)F)C(F)(F)F.[Na]. The molecule has 0 bridgehead atoms. The summed E-state index contributed by atoms with van der Waals surface area (Å²) in [6.45, 7) is 0. The quantitative estimate of drug-likeness (QED) is 0.372. The maximum absolute atomic E-state index is 11.4. The zero-order chi connectivity index (χ0) is 10.2. The summed E-state index contributed by atoms with van der Waals surface area (Å²) in [5, 5.41) is 15.4. The van der Waals surface area contributed by atoms with Gasteiger partial charge in [-0.15, -0.1) is 0 Å². The molecule has 71 valence electrons. The third-order valence-corrected chi connectivity index (χ3v) is 0.982. The van der Waals surface area contributed by atoms with E-state index in [0.717, 1.165) is 0 Å². The van der Waals surface area contributed by atoms with Crippen molar-refractivity contribution in [2.75, 3.05) is 0 Å². The number of nitriles is 1. The number of halogens is 6. The van der Waals surface area contributed by atoms with E-state index in [1.54, 1.807) is 0 Å². The van der Waals surface area contributed by atoms with Crippen molar-refractivity contribution in [3.63, 3.8) is 0 Å². The van der Waals surface area contributed by atoms with Crippen molar-refractivity contribution in [2.45, 2.75) is 18.0 Å². The number of hydrogen-bond acceptors (Lipinski definition) is 2. The van der Waals surface area contributed by atoms with Crippen LogP contribution >= 0.6 is 0 Å².